The van der Waals surface area contributed by atoms with Gasteiger partial charge in [-0.15, -0.1) is 0 Å². The molecular formula is C31H32N2O4. The number of hydrogen-bond donors (Lipinski definition) is 0. The van der Waals surface area contributed by atoms with Crippen molar-refractivity contribution >= 4 is 11.9 Å². The van der Waals surface area contributed by atoms with Crippen molar-refractivity contribution in [3.63, 3.8) is 0 Å². The quantitative estimate of drug-likeness (QED) is 0.378. The molecule has 1 aliphatic carbocycles. The van der Waals surface area contributed by atoms with E-state index in [2.05, 4.69) is 41.4 Å². The minimum Gasteiger partial charge on any atom is -0.478 e. The van der Waals surface area contributed by atoms with E-state index in [1.54, 1.807) is 18.3 Å². The third kappa shape index (κ3) is 4.39. The Labute approximate surface area is 217 Å². The third-order valence-electron chi connectivity index (χ3n) is 8.21. The molecular weight excluding hydrogens is 464 g/mol. The van der Waals surface area contributed by atoms with Gasteiger partial charge in [0.2, 0.25) is 5.88 Å². The predicted molar refractivity (Wildman–Crippen MR) is 141 cm³/mol. The van der Waals surface area contributed by atoms with Crippen LogP contribution in [-0.2, 0) is 4.74 Å². The van der Waals surface area contributed by atoms with E-state index in [1.807, 2.05) is 24.0 Å². The molecule has 3 heterocycles. The molecule has 0 radical (unpaired) electrons. The monoisotopic (exact) mass is 496 g/mol. The molecule has 0 spiro atoms. The van der Waals surface area contributed by atoms with Crippen LogP contribution in [0.5, 0.6) is 5.88 Å². The van der Waals surface area contributed by atoms with Crippen molar-refractivity contribution in [2.75, 3.05) is 13.2 Å². The molecule has 37 heavy (non-hydrogen) atoms. The van der Waals surface area contributed by atoms with E-state index in [4.69, 9.17) is 9.47 Å². The van der Waals surface area contributed by atoms with Crippen molar-refractivity contribution in [2.45, 2.75) is 57.0 Å². The number of ether oxygens (including phenoxy) is 2. The fraction of sp³-hybridized carbons (Fsp3) is 0.387. The van der Waals surface area contributed by atoms with Crippen molar-refractivity contribution in [3.05, 3.63) is 83.6 Å². The predicted octanol–water partition coefficient (Wildman–Crippen LogP) is 6.25. The summed E-state index contributed by atoms with van der Waals surface area (Å²) in [7, 11) is 0. The van der Waals surface area contributed by atoms with Crippen LogP contribution in [-0.4, -0.2) is 47.1 Å². The number of benzene rings is 2. The number of rotatable bonds is 6. The van der Waals surface area contributed by atoms with Crippen molar-refractivity contribution in [1.82, 2.24) is 9.88 Å². The molecule has 6 heteroatoms. The maximum absolute atomic E-state index is 13.4. The normalized spacial score (nSPS) is 22.2. The van der Waals surface area contributed by atoms with E-state index in [9.17, 15) is 9.59 Å². The highest BCUT2D eigenvalue weighted by atomic mass is 16.6. The van der Waals surface area contributed by atoms with Crippen molar-refractivity contribution in [1.29, 1.82) is 0 Å². The van der Waals surface area contributed by atoms with Gasteiger partial charge in [-0.3, -0.25) is 4.79 Å². The Kier molecular flexibility index (Phi) is 6.41. The number of hydrogen-bond acceptors (Lipinski definition) is 5. The molecule has 2 unspecified atom stereocenters. The van der Waals surface area contributed by atoms with Crippen LogP contribution in [0.2, 0.25) is 0 Å². The number of aromatic nitrogens is 1. The zero-order valence-corrected chi connectivity index (χ0v) is 21.1. The van der Waals surface area contributed by atoms with Crippen LogP contribution in [0.3, 0.4) is 0 Å². The Morgan fingerprint density at radius 2 is 1.57 bits per heavy atom. The molecule has 2 bridgehead atoms. The lowest BCUT2D eigenvalue weighted by Gasteiger charge is -2.47. The number of pyridine rings is 1. The summed E-state index contributed by atoms with van der Waals surface area (Å²) in [5.74, 6) is 0.579. The standard InChI is InChI=1S/C31H32N2O4/c1-2-36-29-15-14-20(18-32-29)30(34)21-16-22-8-7-9-23(17-21)33(22)31(35)37-19-28-26-12-5-3-10-24(26)25-11-4-6-13-27(25)28/h3-6,10-15,18,21-23,28H,2,7-9,16-17,19H2,1H3. The van der Waals surface area contributed by atoms with Gasteiger partial charge in [0.05, 0.1) is 6.61 Å². The van der Waals surface area contributed by atoms with E-state index in [0.717, 1.165) is 19.3 Å². The molecule has 2 saturated heterocycles. The van der Waals surface area contributed by atoms with Crippen LogP contribution < -0.4 is 4.74 Å². The van der Waals surface area contributed by atoms with Crippen molar-refractivity contribution in [2.24, 2.45) is 5.92 Å². The summed E-state index contributed by atoms with van der Waals surface area (Å²) in [6.07, 6.45) is 5.61. The molecule has 1 amide bonds. The number of Topliss-reactive ketones (excluding diaryl/α,β-unsaturated/α-hetero) is 1. The first kappa shape index (κ1) is 23.7. The van der Waals surface area contributed by atoms with Crippen LogP contribution in [0.1, 0.15) is 66.4 Å². The van der Waals surface area contributed by atoms with Gasteiger partial charge < -0.3 is 14.4 Å². The first-order chi connectivity index (χ1) is 18.1. The zero-order valence-electron chi connectivity index (χ0n) is 21.1. The second-order valence-corrected chi connectivity index (χ2v) is 10.3. The average molecular weight is 497 g/mol. The first-order valence-electron chi connectivity index (χ1n) is 13.4. The van der Waals surface area contributed by atoms with E-state index >= 15 is 0 Å². The number of ketones is 1. The highest BCUT2D eigenvalue weighted by Gasteiger charge is 2.44. The summed E-state index contributed by atoms with van der Waals surface area (Å²) in [6.45, 7) is 2.77. The lowest BCUT2D eigenvalue weighted by atomic mass is 9.76. The third-order valence-corrected chi connectivity index (χ3v) is 8.21. The van der Waals surface area contributed by atoms with E-state index in [0.29, 0.717) is 37.5 Å². The molecule has 0 N–H and O–H groups in total. The van der Waals surface area contributed by atoms with Crippen LogP contribution in [0.4, 0.5) is 4.79 Å². The molecule has 6 rings (SSSR count). The fourth-order valence-electron chi connectivity index (χ4n) is 6.56. The highest BCUT2D eigenvalue weighted by molar-refractivity contribution is 5.97. The van der Waals surface area contributed by atoms with Crippen LogP contribution in [0, 0.1) is 5.92 Å². The van der Waals surface area contributed by atoms with Crippen molar-refractivity contribution in [3.8, 4) is 17.0 Å². The smallest absolute Gasteiger partial charge is 0.410 e. The van der Waals surface area contributed by atoms with E-state index in [1.165, 1.54) is 22.3 Å². The maximum atomic E-state index is 13.4. The van der Waals surface area contributed by atoms with Gasteiger partial charge in [-0.1, -0.05) is 48.5 Å². The Morgan fingerprint density at radius 1 is 0.919 bits per heavy atom. The second-order valence-electron chi connectivity index (χ2n) is 10.3. The molecule has 0 saturated carbocycles. The maximum Gasteiger partial charge on any atom is 0.410 e. The van der Waals surface area contributed by atoms with Gasteiger partial charge in [-0.25, -0.2) is 9.78 Å². The summed E-state index contributed by atoms with van der Waals surface area (Å²) in [5.41, 5.74) is 5.48. The van der Waals surface area contributed by atoms with E-state index in [-0.39, 0.29) is 35.8 Å². The van der Waals surface area contributed by atoms with Crippen LogP contribution in [0.25, 0.3) is 11.1 Å². The number of piperidine rings is 2. The Morgan fingerprint density at radius 3 is 2.16 bits per heavy atom. The lowest BCUT2D eigenvalue weighted by molar-refractivity contribution is 0.00650. The zero-order chi connectivity index (χ0) is 25.4. The van der Waals surface area contributed by atoms with Gasteiger partial charge in [-0.05, 0) is 67.3 Å². The van der Waals surface area contributed by atoms with Gasteiger partial charge in [-0.2, -0.15) is 0 Å². The van der Waals surface area contributed by atoms with Crippen LogP contribution in [0.15, 0.2) is 66.9 Å². The molecule has 2 aliphatic heterocycles. The second kappa shape index (κ2) is 10.0. The van der Waals surface area contributed by atoms with Crippen molar-refractivity contribution < 1.29 is 19.1 Å². The largest absolute Gasteiger partial charge is 0.478 e. The van der Waals surface area contributed by atoms with Gasteiger partial charge >= 0.3 is 6.09 Å². The molecule has 2 atom stereocenters. The molecule has 6 nitrogen and oxygen atoms in total. The molecule has 1 aromatic heterocycles. The summed E-state index contributed by atoms with van der Waals surface area (Å²) < 4.78 is 11.4. The summed E-state index contributed by atoms with van der Waals surface area (Å²) >= 11 is 0. The van der Waals surface area contributed by atoms with Gasteiger partial charge in [0, 0.05) is 41.7 Å². The lowest BCUT2D eigenvalue weighted by Crippen LogP contribution is -2.55. The Hall–Kier alpha value is -3.67. The summed E-state index contributed by atoms with van der Waals surface area (Å²) in [5, 5.41) is 0. The fourth-order valence-corrected chi connectivity index (χ4v) is 6.56. The highest BCUT2D eigenvalue weighted by Crippen LogP contribution is 2.45. The van der Waals surface area contributed by atoms with Gasteiger partial charge in [0.15, 0.2) is 5.78 Å². The minimum absolute atomic E-state index is 0.0350. The number of nitrogens with zero attached hydrogens (tertiary/aromatic N) is 2. The molecule has 3 aliphatic rings. The minimum atomic E-state index is -0.245. The molecule has 3 aromatic rings. The van der Waals surface area contributed by atoms with Gasteiger partial charge in [0.25, 0.3) is 0 Å². The topological polar surface area (TPSA) is 68.7 Å². The SMILES string of the molecule is CCOc1ccc(C(=O)C2CC3CCCC(C2)N3C(=O)OCC2c3ccccc3-c3ccccc32)cn1. The van der Waals surface area contributed by atoms with Crippen LogP contribution >= 0.6 is 0 Å². The number of carbonyl (C=O) groups excluding carboxylic acids is 2. The average Bonchev–Trinajstić information content (AvgIpc) is 3.25. The van der Waals surface area contributed by atoms with Gasteiger partial charge in [0.1, 0.15) is 6.61 Å². The molecule has 190 valence electrons. The molecule has 2 fully saturated rings. The first-order valence-corrected chi connectivity index (χ1v) is 13.4. The summed E-state index contributed by atoms with van der Waals surface area (Å²) in [6, 6.07) is 20.4. The summed E-state index contributed by atoms with van der Waals surface area (Å²) in [4.78, 5) is 32.9. The van der Waals surface area contributed by atoms with E-state index < -0.39 is 0 Å². The Bertz CT molecular complexity index is 1250. The Balaban J connectivity index is 1.14. The molecule has 2 aromatic carbocycles. The number of carbonyl (C=O) groups is 2. The number of amides is 1. The number of fused-ring (bicyclic) bond motifs is 5.